The first-order valence-electron chi connectivity index (χ1n) is 4.57. The van der Waals surface area contributed by atoms with Crippen LogP contribution in [0, 0.1) is 0 Å². The molecule has 0 saturated heterocycles. The Bertz CT molecular complexity index is 301. The molecule has 0 aliphatic rings. The summed E-state index contributed by atoms with van der Waals surface area (Å²) in [7, 11) is 0. The van der Waals surface area contributed by atoms with E-state index < -0.39 is 0 Å². The molecule has 0 rings (SSSR count). The van der Waals surface area contributed by atoms with Gasteiger partial charge in [0.2, 0.25) is 0 Å². The second kappa shape index (κ2) is 7.99. The van der Waals surface area contributed by atoms with Crippen LogP contribution in [0.4, 0.5) is 0 Å². The molecule has 0 aliphatic carbocycles. The Morgan fingerprint density at radius 1 is 1.14 bits per heavy atom. The summed E-state index contributed by atoms with van der Waals surface area (Å²) in [5.41, 5.74) is 1.96. The summed E-state index contributed by atoms with van der Waals surface area (Å²) < 4.78 is 0. The highest BCUT2D eigenvalue weighted by atomic mass is 14.7. The van der Waals surface area contributed by atoms with Crippen molar-refractivity contribution in [2.45, 2.75) is 13.8 Å². The maximum Gasteiger partial charge on any atom is 0.0695 e. The zero-order valence-electron chi connectivity index (χ0n) is 8.90. The van der Waals surface area contributed by atoms with Crippen LogP contribution in [0.1, 0.15) is 13.8 Å². The minimum absolute atomic E-state index is 0.906. The van der Waals surface area contributed by atoms with E-state index in [1.54, 1.807) is 12.3 Å². The molecule has 0 fully saturated rings. The van der Waals surface area contributed by atoms with Crippen molar-refractivity contribution in [1.82, 2.24) is 0 Å². The summed E-state index contributed by atoms with van der Waals surface area (Å²) in [4.78, 5) is 4.18. The Kier molecular flexibility index (Phi) is 7.06. The molecule has 0 aliphatic heterocycles. The molecule has 1 heteroatoms. The molecule has 0 unspecified atom stereocenters. The van der Waals surface area contributed by atoms with Gasteiger partial charge in [0.05, 0.1) is 5.71 Å². The number of aliphatic imine (C=N–C) groups is 1. The number of nitrogens with zero attached hydrogens (tertiary/aromatic N) is 1. The van der Waals surface area contributed by atoms with Crippen LogP contribution in [-0.4, -0.2) is 5.71 Å². The van der Waals surface area contributed by atoms with Crippen molar-refractivity contribution >= 4 is 5.71 Å². The first kappa shape index (κ1) is 12.4. The molecule has 1 nitrogen and oxygen atoms in total. The SMILES string of the molecule is C=C/C=C\C(=C/C)C(/C=C\C)=NC=C. The highest BCUT2D eigenvalue weighted by molar-refractivity contribution is 6.10. The van der Waals surface area contributed by atoms with E-state index in [4.69, 9.17) is 0 Å². The van der Waals surface area contributed by atoms with E-state index in [2.05, 4.69) is 18.2 Å². The molecule has 0 atom stereocenters. The zero-order chi connectivity index (χ0) is 10.8. The number of hydrogen-bond donors (Lipinski definition) is 0. The van der Waals surface area contributed by atoms with Crippen LogP contribution in [-0.2, 0) is 0 Å². The Morgan fingerprint density at radius 3 is 2.29 bits per heavy atom. The largest absolute Gasteiger partial charge is 0.257 e. The minimum atomic E-state index is 0.906. The maximum absolute atomic E-state index is 4.18. The van der Waals surface area contributed by atoms with Crippen molar-refractivity contribution in [3.05, 3.63) is 61.4 Å². The molecule has 0 spiro atoms. The smallest absolute Gasteiger partial charge is 0.0695 e. The first-order valence-corrected chi connectivity index (χ1v) is 4.57. The van der Waals surface area contributed by atoms with Crippen LogP contribution in [0.25, 0.3) is 0 Å². The molecule has 0 aromatic carbocycles. The molecular weight excluding hydrogens is 170 g/mol. The van der Waals surface area contributed by atoms with Crippen LogP contribution in [0.2, 0.25) is 0 Å². The molecule has 0 radical (unpaired) electrons. The van der Waals surface area contributed by atoms with Gasteiger partial charge in [0.25, 0.3) is 0 Å². The van der Waals surface area contributed by atoms with E-state index >= 15 is 0 Å². The molecule has 0 aromatic heterocycles. The van der Waals surface area contributed by atoms with E-state index in [1.165, 1.54) is 0 Å². The Labute approximate surface area is 86.6 Å². The van der Waals surface area contributed by atoms with Gasteiger partial charge >= 0.3 is 0 Å². The lowest BCUT2D eigenvalue weighted by Gasteiger charge is -1.99. The van der Waals surface area contributed by atoms with Crippen molar-refractivity contribution in [3.8, 4) is 0 Å². The van der Waals surface area contributed by atoms with Gasteiger partial charge < -0.3 is 0 Å². The predicted molar refractivity (Wildman–Crippen MR) is 65.5 cm³/mol. The molecule has 14 heavy (non-hydrogen) atoms. The highest BCUT2D eigenvalue weighted by Gasteiger charge is 1.96. The first-order chi connectivity index (χ1) is 6.79. The lowest BCUT2D eigenvalue weighted by molar-refractivity contribution is 1.53. The molecule has 0 bridgehead atoms. The minimum Gasteiger partial charge on any atom is -0.257 e. The van der Waals surface area contributed by atoms with Gasteiger partial charge in [0, 0.05) is 6.20 Å². The van der Waals surface area contributed by atoms with Crippen molar-refractivity contribution in [2.24, 2.45) is 4.99 Å². The van der Waals surface area contributed by atoms with Gasteiger partial charge in [-0.25, -0.2) is 0 Å². The summed E-state index contributed by atoms with van der Waals surface area (Å²) in [5.74, 6) is 0. The van der Waals surface area contributed by atoms with Crippen LogP contribution in [0.5, 0.6) is 0 Å². The third-order valence-electron chi connectivity index (χ3n) is 1.57. The second-order valence-electron chi connectivity index (χ2n) is 2.54. The lowest BCUT2D eigenvalue weighted by atomic mass is 10.1. The second-order valence-corrected chi connectivity index (χ2v) is 2.54. The molecule has 0 amide bonds. The van der Waals surface area contributed by atoms with Crippen molar-refractivity contribution in [1.29, 1.82) is 0 Å². The van der Waals surface area contributed by atoms with Crippen LogP contribution >= 0.6 is 0 Å². The maximum atomic E-state index is 4.18. The molecule has 0 saturated carbocycles. The number of rotatable bonds is 5. The van der Waals surface area contributed by atoms with Crippen LogP contribution in [0.3, 0.4) is 0 Å². The Morgan fingerprint density at radius 2 is 1.86 bits per heavy atom. The van der Waals surface area contributed by atoms with Crippen molar-refractivity contribution in [2.75, 3.05) is 0 Å². The van der Waals surface area contributed by atoms with Gasteiger partial charge in [-0.15, -0.1) is 0 Å². The summed E-state index contributed by atoms with van der Waals surface area (Å²) in [6, 6.07) is 0. The summed E-state index contributed by atoms with van der Waals surface area (Å²) in [5, 5.41) is 0. The van der Waals surface area contributed by atoms with E-state index in [-0.39, 0.29) is 0 Å². The Hall–Kier alpha value is -1.63. The van der Waals surface area contributed by atoms with Gasteiger partial charge in [-0.2, -0.15) is 0 Å². The van der Waals surface area contributed by atoms with Gasteiger partial charge in [-0.1, -0.05) is 43.5 Å². The fraction of sp³-hybridized carbons (Fsp3) is 0.154. The molecule has 74 valence electrons. The van der Waals surface area contributed by atoms with E-state index in [0.717, 1.165) is 11.3 Å². The molecule has 0 N–H and O–H groups in total. The van der Waals surface area contributed by atoms with E-state index in [1.807, 2.05) is 44.2 Å². The van der Waals surface area contributed by atoms with Crippen LogP contribution in [0.15, 0.2) is 66.4 Å². The zero-order valence-corrected chi connectivity index (χ0v) is 8.90. The average molecular weight is 187 g/mol. The molecular formula is C13H17N. The monoisotopic (exact) mass is 187 g/mol. The fourth-order valence-corrected chi connectivity index (χ4v) is 0.971. The number of hydrogen-bond acceptors (Lipinski definition) is 1. The third kappa shape index (κ3) is 4.41. The summed E-state index contributed by atoms with van der Waals surface area (Å²) >= 11 is 0. The van der Waals surface area contributed by atoms with E-state index in [9.17, 15) is 0 Å². The van der Waals surface area contributed by atoms with Gasteiger partial charge in [0.1, 0.15) is 0 Å². The molecule has 0 aromatic rings. The predicted octanol–water partition coefficient (Wildman–Crippen LogP) is 3.84. The highest BCUT2D eigenvalue weighted by Crippen LogP contribution is 2.03. The van der Waals surface area contributed by atoms with Crippen molar-refractivity contribution in [3.63, 3.8) is 0 Å². The van der Waals surface area contributed by atoms with Crippen molar-refractivity contribution < 1.29 is 0 Å². The summed E-state index contributed by atoms with van der Waals surface area (Å²) in [6.07, 6.45) is 13.0. The Balaban J connectivity index is 4.96. The average Bonchev–Trinajstić information content (AvgIpc) is 2.19. The van der Waals surface area contributed by atoms with E-state index in [0.29, 0.717) is 0 Å². The lowest BCUT2D eigenvalue weighted by Crippen LogP contribution is -1.95. The fourth-order valence-electron chi connectivity index (χ4n) is 0.971. The normalized spacial score (nSPS) is 13.9. The quantitative estimate of drug-likeness (QED) is 0.458. The van der Waals surface area contributed by atoms with Crippen LogP contribution < -0.4 is 0 Å². The molecule has 0 heterocycles. The third-order valence-corrected chi connectivity index (χ3v) is 1.57. The van der Waals surface area contributed by atoms with Gasteiger partial charge in [-0.05, 0) is 25.5 Å². The van der Waals surface area contributed by atoms with Gasteiger partial charge in [-0.3, -0.25) is 4.99 Å². The summed E-state index contributed by atoms with van der Waals surface area (Å²) in [6.45, 7) is 11.2. The topological polar surface area (TPSA) is 12.4 Å². The van der Waals surface area contributed by atoms with Gasteiger partial charge in [0.15, 0.2) is 0 Å². The standard InChI is InChI=1S/C13H17N/c1-5-9-11-12(7-3)13(10-6-2)14-8-4/h5-11H,1,4H2,2-3H3/b10-6-,11-9-,12-7+,14-13?. The number of allylic oxidation sites excluding steroid dienone is 7.